The summed E-state index contributed by atoms with van der Waals surface area (Å²) in [6.45, 7) is 2.96. The zero-order valence-electron chi connectivity index (χ0n) is 18.6. The van der Waals surface area contributed by atoms with Crippen LogP contribution in [0.4, 0.5) is 11.6 Å². The van der Waals surface area contributed by atoms with E-state index in [2.05, 4.69) is 15.6 Å². The molecule has 2 aliphatic rings. The van der Waals surface area contributed by atoms with E-state index in [1.54, 1.807) is 13.3 Å². The highest BCUT2D eigenvalue weighted by molar-refractivity contribution is 6.33. The molecule has 3 heterocycles. The fraction of sp³-hybridized carbons (Fsp3) is 0.583. The number of hydrogen-bond donors (Lipinski definition) is 3. The molecule has 1 aliphatic heterocycles. The highest BCUT2D eigenvalue weighted by Crippen LogP contribution is 2.32. The first-order valence-corrected chi connectivity index (χ1v) is 11.8. The molecule has 2 fully saturated rings. The van der Waals surface area contributed by atoms with Crippen LogP contribution in [0, 0.1) is 5.92 Å². The van der Waals surface area contributed by atoms with Crippen LogP contribution in [0.3, 0.4) is 0 Å². The van der Waals surface area contributed by atoms with Crippen molar-refractivity contribution in [1.82, 2.24) is 9.97 Å². The van der Waals surface area contributed by atoms with E-state index in [0.717, 1.165) is 68.3 Å². The minimum atomic E-state index is -0.715. The lowest BCUT2D eigenvalue weighted by atomic mass is 9.82. The summed E-state index contributed by atoms with van der Waals surface area (Å²) in [7, 11) is 1.63. The zero-order valence-corrected chi connectivity index (χ0v) is 19.4. The number of nitrogens with one attached hydrogen (secondary N) is 2. The van der Waals surface area contributed by atoms with Gasteiger partial charge in [0.2, 0.25) is 0 Å². The lowest BCUT2D eigenvalue weighted by Gasteiger charge is -2.35. The van der Waals surface area contributed by atoms with Crippen molar-refractivity contribution in [2.75, 3.05) is 44.1 Å². The van der Waals surface area contributed by atoms with E-state index >= 15 is 0 Å². The number of rotatable bonds is 8. The third-order valence-electron chi connectivity index (χ3n) is 6.47. The summed E-state index contributed by atoms with van der Waals surface area (Å²) in [6.07, 6.45) is 6.99. The lowest BCUT2D eigenvalue weighted by Crippen LogP contribution is -2.41. The zero-order chi connectivity index (χ0) is 22.4. The van der Waals surface area contributed by atoms with E-state index in [-0.39, 0.29) is 6.04 Å². The van der Waals surface area contributed by atoms with E-state index in [1.165, 1.54) is 0 Å². The van der Waals surface area contributed by atoms with E-state index < -0.39 is 5.60 Å². The first kappa shape index (κ1) is 23.2. The number of anilines is 2. The van der Waals surface area contributed by atoms with Gasteiger partial charge in [0.15, 0.2) is 0 Å². The third kappa shape index (κ3) is 6.10. The van der Waals surface area contributed by atoms with Gasteiger partial charge in [0.25, 0.3) is 0 Å². The second kappa shape index (κ2) is 10.8. The number of pyridine rings is 2. The first-order chi connectivity index (χ1) is 15.5. The Morgan fingerprint density at radius 2 is 1.97 bits per heavy atom. The molecule has 174 valence electrons. The number of nitrogens with zero attached hydrogens (tertiary/aromatic N) is 2. The lowest BCUT2D eigenvalue weighted by molar-refractivity contribution is -0.0572. The number of ether oxygens (including phenoxy) is 2. The van der Waals surface area contributed by atoms with Crippen molar-refractivity contribution in [3.05, 3.63) is 35.5 Å². The summed E-state index contributed by atoms with van der Waals surface area (Å²) in [5, 5.41) is 18.1. The molecule has 1 saturated heterocycles. The van der Waals surface area contributed by atoms with Crippen LogP contribution in [0.25, 0.3) is 11.3 Å². The van der Waals surface area contributed by atoms with Gasteiger partial charge in [-0.25, -0.2) is 9.97 Å². The molecule has 0 spiro atoms. The Balaban J connectivity index is 1.40. The van der Waals surface area contributed by atoms with Crippen molar-refractivity contribution in [3.63, 3.8) is 0 Å². The Morgan fingerprint density at radius 3 is 2.72 bits per heavy atom. The molecule has 0 aromatic carbocycles. The van der Waals surface area contributed by atoms with Gasteiger partial charge < -0.3 is 25.2 Å². The third-order valence-corrected chi connectivity index (χ3v) is 6.78. The fourth-order valence-corrected chi connectivity index (χ4v) is 4.72. The maximum Gasteiger partial charge on any atom is 0.126 e. The van der Waals surface area contributed by atoms with Crippen molar-refractivity contribution < 1.29 is 14.6 Å². The molecular formula is C24H33ClN4O3. The molecule has 0 radical (unpaired) electrons. The largest absolute Gasteiger partial charge is 0.387 e. The van der Waals surface area contributed by atoms with Gasteiger partial charge in [-0.3, -0.25) is 0 Å². The number of hydrogen-bond acceptors (Lipinski definition) is 7. The topological polar surface area (TPSA) is 88.5 Å². The summed E-state index contributed by atoms with van der Waals surface area (Å²) in [5.41, 5.74) is 0.953. The number of aliphatic hydroxyl groups is 1. The van der Waals surface area contributed by atoms with Crippen molar-refractivity contribution in [1.29, 1.82) is 0 Å². The average Bonchev–Trinajstić information content (AvgIpc) is 2.81. The highest BCUT2D eigenvalue weighted by atomic mass is 35.5. The smallest absolute Gasteiger partial charge is 0.126 e. The Bertz CT molecular complexity index is 883. The van der Waals surface area contributed by atoms with Gasteiger partial charge in [0.05, 0.1) is 22.9 Å². The van der Waals surface area contributed by atoms with Gasteiger partial charge in [0.1, 0.15) is 11.6 Å². The van der Waals surface area contributed by atoms with Crippen LogP contribution in [0.2, 0.25) is 5.02 Å². The van der Waals surface area contributed by atoms with Gasteiger partial charge in [-0.2, -0.15) is 0 Å². The van der Waals surface area contributed by atoms with Crippen LogP contribution < -0.4 is 10.6 Å². The molecule has 3 N–H and O–H groups in total. The monoisotopic (exact) mass is 460 g/mol. The quantitative estimate of drug-likeness (QED) is 0.539. The summed E-state index contributed by atoms with van der Waals surface area (Å²) in [6, 6.07) is 8.17. The maximum atomic E-state index is 10.5. The number of aromatic nitrogens is 2. The van der Waals surface area contributed by atoms with Crippen LogP contribution in [0.1, 0.15) is 38.5 Å². The average molecular weight is 461 g/mol. The Morgan fingerprint density at radius 1 is 1.19 bits per heavy atom. The molecule has 8 heteroatoms. The molecule has 0 atom stereocenters. The van der Waals surface area contributed by atoms with E-state index in [1.807, 2.05) is 24.3 Å². The van der Waals surface area contributed by atoms with Crippen molar-refractivity contribution in [3.8, 4) is 11.3 Å². The van der Waals surface area contributed by atoms with E-state index in [0.29, 0.717) is 30.4 Å². The molecule has 2 aromatic rings. The van der Waals surface area contributed by atoms with Gasteiger partial charge in [0, 0.05) is 44.7 Å². The molecule has 2 aromatic heterocycles. The van der Waals surface area contributed by atoms with Crippen LogP contribution in [0.15, 0.2) is 30.5 Å². The Kier molecular flexibility index (Phi) is 7.84. The molecule has 1 saturated carbocycles. The van der Waals surface area contributed by atoms with Gasteiger partial charge in [-0.15, -0.1) is 0 Å². The minimum Gasteiger partial charge on any atom is -0.387 e. The summed E-state index contributed by atoms with van der Waals surface area (Å²) < 4.78 is 10.6. The number of halogens is 1. The Labute approximate surface area is 194 Å². The molecule has 0 unspecified atom stereocenters. The summed E-state index contributed by atoms with van der Waals surface area (Å²) >= 11 is 6.49. The molecule has 4 rings (SSSR count). The molecule has 1 aliphatic carbocycles. The minimum absolute atomic E-state index is 0.258. The normalized spacial score (nSPS) is 24.3. The van der Waals surface area contributed by atoms with Crippen LogP contribution in [-0.2, 0) is 9.47 Å². The van der Waals surface area contributed by atoms with Gasteiger partial charge >= 0.3 is 0 Å². The van der Waals surface area contributed by atoms with Crippen molar-refractivity contribution in [2.24, 2.45) is 5.92 Å². The van der Waals surface area contributed by atoms with Crippen LogP contribution >= 0.6 is 11.6 Å². The van der Waals surface area contributed by atoms with Gasteiger partial charge in [-0.05, 0) is 62.6 Å². The maximum absolute atomic E-state index is 10.5. The second-order valence-corrected chi connectivity index (χ2v) is 9.38. The van der Waals surface area contributed by atoms with Crippen LogP contribution in [-0.4, -0.2) is 60.2 Å². The van der Waals surface area contributed by atoms with Crippen LogP contribution in [0.5, 0.6) is 0 Å². The molecular weight excluding hydrogens is 428 g/mol. The predicted octanol–water partition coefficient (Wildman–Crippen LogP) is 4.37. The number of methoxy groups -OCH3 is 1. The van der Waals surface area contributed by atoms with E-state index in [9.17, 15) is 5.11 Å². The molecule has 0 bridgehead atoms. The summed E-state index contributed by atoms with van der Waals surface area (Å²) in [4.78, 5) is 9.25. The van der Waals surface area contributed by atoms with Gasteiger partial charge in [-0.1, -0.05) is 17.7 Å². The van der Waals surface area contributed by atoms with Crippen molar-refractivity contribution >= 4 is 23.2 Å². The van der Waals surface area contributed by atoms with E-state index in [4.69, 9.17) is 26.1 Å². The highest BCUT2D eigenvalue weighted by Gasteiger charge is 2.33. The first-order valence-electron chi connectivity index (χ1n) is 11.5. The Hall–Kier alpha value is -1.93. The fourth-order valence-electron chi connectivity index (χ4n) is 4.52. The van der Waals surface area contributed by atoms with Crippen molar-refractivity contribution in [2.45, 2.75) is 50.2 Å². The predicted molar refractivity (Wildman–Crippen MR) is 127 cm³/mol. The molecule has 32 heavy (non-hydrogen) atoms. The standard InChI is InChI=1S/C24H33ClN4O3/c1-31-16-24(30)9-5-18(6-10-24)28-23-13-19(20(25)15-27-23)21-3-2-4-22(29-21)26-14-17-7-11-32-12-8-17/h2-4,13,15,17-18,30H,5-12,14,16H2,1H3,(H,26,29)(H,27,28)/t18-,24+. The second-order valence-electron chi connectivity index (χ2n) is 8.97. The summed E-state index contributed by atoms with van der Waals surface area (Å²) in [5.74, 6) is 2.24. The molecule has 0 amide bonds. The molecule has 7 nitrogen and oxygen atoms in total. The SMILES string of the molecule is COC[C@]1(O)CC[C@@H](Nc2cc(-c3cccc(NCC4CCOCC4)n3)c(Cl)cn2)CC1.